The maximum atomic E-state index is 12.3. The summed E-state index contributed by atoms with van der Waals surface area (Å²) < 4.78 is 0. The Hall–Kier alpha value is -2.49. The zero-order valence-corrected chi connectivity index (χ0v) is 10.7. The van der Waals surface area contributed by atoms with Gasteiger partial charge in [0.2, 0.25) is 0 Å². The van der Waals surface area contributed by atoms with Crippen molar-refractivity contribution in [2.24, 2.45) is 0 Å². The van der Waals surface area contributed by atoms with Crippen molar-refractivity contribution in [2.45, 2.75) is 13.8 Å². The Labute approximate surface area is 110 Å². The van der Waals surface area contributed by atoms with Crippen molar-refractivity contribution in [2.75, 3.05) is 0 Å². The van der Waals surface area contributed by atoms with Crippen LogP contribution in [0.5, 0.6) is 0 Å². The Morgan fingerprint density at radius 3 is 2.26 bits per heavy atom. The van der Waals surface area contributed by atoms with Gasteiger partial charge in [0.05, 0.1) is 4.92 Å². The zero-order chi connectivity index (χ0) is 14.0. The summed E-state index contributed by atoms with van der Waals surface area (Å²) in [5.74, 6) is -0.115. The Morgan fingerprint density at radius 2 is 1.68 bits per heavy atom. The van der Waals surface area contributed by atoms with Crippen LogP contribution in [0.1, 0.15) is 27.0 Å². The minimum absolute atomic E-state index is 0.0162. The number of hydrogen-bond donors (Lipinski definition) is 0. The first-order chi connectivity index (χ1) is 8.99. The highest BCUT2D eigenvalue weighted by Crippen LogP contribution is 2.18. The van der Waals surface area contributed by atoms with Crippen LogP contribution < -0.4 is 0 Å². The number of nitrogens with zero attached hydrogens (tertiary/aromatic N) is 1. The standard InChI is InChI=1S/C15H13NO3/c1-10-3-4-11(2)14(9-10)15(17)12-5-7-13(8-6-12)16(18)19/h3-9H,1-2H3. The van der Waals surface area contributed by atoms with Gasteiger partial charge in [-0.2, -0.15) is 0 Å². The Bertz CT molecular complexity index is 645. The van der Waals surface area contributed by atoms with Gasteiger partial charge in [-0.15, -0.1) is 0 Å². The van der Waals surface area contributed by atoms with Gasteiger partial charge in [0.15, 0.2) is 5.78 Å². The van der Waals surface area contributed by atoms with Crippen LogP contribution in [0.3, 0.4) is 0 Å². The van der Waals surface area contributed by atoms with Gasteiger partial charge < -0.3 is 0 Å². The van der Waals surface area contributed by atoms with E-state index in [1.807, 2.05) is 32.0 Å². The Balaban J connectivity index is 2.38. The van der Waals surface area contributed by atoms with Crippen LogP contribution in [0.2, 0.25) is 0 Å². The molecule has 2 aromatic carbocycles. The average molecular weight is 255 g/mol. The van der Waals surface area contributed by atoms with Gasteiger partial charge in [-0.05, 0) is 37.6 Å². The van der Waals surface area contributed by atoms with Gasteiger partial charge in [-0.25, -0.2) is 0 Å². The normalized spacial score (nSPS) is 10.2. The van der Waals surface area contributed by atoms with Gasteiger partial charge in [0, 0.05) is 23.3 Å². The summed E-state index contributed by atoms with van der Waals surface area (Å²) in [7, 11) is 0. The van der Waals surface area contributed by atoms with E-state index in [-0.39, 0.29) is 11.5 Å². The summed E-state index contributed by atoms with van der Waals surface area (Å²) in [4.78, 5) is 22.4. The molecule has 96 valence electrons. The van der Waals surface area contributed by atoms with Gasteiger partial charge in [0.1, 0.15) is 0 Å². The molecule has 4 heteroatoms. The Kier molecular flexibility index (Phi) is 3.42. The molecule has 0 aromatic heterocycles. The molecule has 0 saturated carbocycles. The van der Waals surface area contributed by atoms with E-state index in [0.717, 1.165) is 11.1 Å². The number of benzene rings is 2. The van der Waals surface area contributed by atoms with Crippen molar-refractivity contribution >= 4 is 11.5 Å². The first-order valence-corrected chi connectivity index (χ1v) is 5.85. The summed E-state index contributed by atoms with van der Waals surface area (Å²) in [6.45, 7) is 3.80. The third kappa shape index (κ3) is 2.68. The van der Waals surface area contributed by atoms with Crippen LogP contribution in [-0.4, -0.2) is 10.7 Å². The maximum absolute atomic E-state index is 12.3. The molecular weight excluding hydrogens is 242 g/mol. The topological polar surface area (TPSA) is 60.2 Å². The van der Waals surface area contributed by atoms with E-state index in [2.05, 4.69) is 0 Å². The van der Waals surface area contributed by atoms with E-state index in [0.29, 0.717) is 11.1 Å². The van der Waals surface area contributed by atoms with Crippen LogP contribution in [0.25, 0.3) is 0 Å². The van der Waals surface area contributed by atoms with E-state index in [4.69, 9.17) is 0 Å². The maximum Gasteiger partial charge on any atom is 0.269 e. The predicted octanol–water partition coefficient (Wildman–Crippen LogP) is 3.44. The van der Waals surface area contributed by atoms with Crippen molar-refractivity contribution in [1.82, 2.24) is 0 Å². The highest BCUT2D eigenvalue weighted by atomic mass is 16.6. The largest absolute Gasteiger partial charge is 0.289 e. The summed E-state index contributed by atoms with van der Waals surface area (Å²) in [5.41, 5.74) is 2.98. The third-order valence-electron chi connectivity index (χ3n) is 2.98. The number of rotatable bonds is 3. The molecule has 0 aliphatic carbocycles. The molecule has 2 aromatic rings. The molecule has 0 N–H and O–H groups in total. The lowest BCUT2D eigenvalue weighted by Crippen LogP contribution is -2.04. The lowest BCUT2D eigenvalue weighted by molar-refractivity contribution is -0.384. The Morgan fingerprint density at radius 1 is 1.05 bits per heavy atom. The lowest BCUT2D eigenvalue weighted by atomic mass is 9.97. The fraction of sp³-hybridized carbons (Fsp3) is 0.133. The van der Waals surface area contributed by atoms with Crippen LogP contribution >= 0.6 is 0 Å². The van der Waals surface area contributed by atoms with Gasteiger partial charge in [-0.1, -0.05) is 17.7 Å². The summed E-state index contributed by atoms with van der Waals surface area (Å²) >= 11 is 0. The van der Waals surface area contributed by atoms with Gasteiger partial charge >= 0.3 is 0 Å². The zero-order valence-electron chi connectivity index (χ0n) is 10.7. The minimum Gasteiger partial charge on any atom is -0.289 e. The third-order valence-corrected chi connectivity index (χ3v) is 2.98. The smallest absolute Gasteiger partial charge is 0.269 e. The lowest BCUT2D eigenvalue weighted by Gasteiger charge is -2.06. The van der Waals surface area contributed by atoms with Crippen molar-refractivity contribution in [3.8, 4) is 0 Å². The first kappa shape index (κ1) is 13.0. The number of hydrogen-bond acceptors (Lipinski definition) is 3. The van der Waals surface area contributed by atoms with E-state index in [9.17, 15) is 14.9 Å². The first-order valence-electron chi connectivity index (χ1n) is 5.85. The summed E-state index contributed by atoms with van der Waals surface area (Å²) in [6.07, 6.45) is 0. The molecule has 19 heavy (non-hydrogen) atoms. The molecule has 0 amide bonds. The minimum atomic E-state index is -0.480. The number of nitro benzene ring substituents is 1. The highest BCUT2D eigenvalue weighted by Gasteiger charge is 2.13. The summed E-state index contributed by atoms with van der Waals surface area (Å²) in [5, 5.41) is 10.6. The molecule has 0 aliphatic rings. The molecule has 4 nitrogen and oxygen atoms in total. The van der Waals surface area contributed by atoms with E-state index in [1.54, 1.807) is 0 Å². The highest BCUT2D eigenvalue weighted by molar-refractivity contribution is 6.10. The molecule has 0 bridgehead atoms. The van der Waals surface area contributed by atoms with Crippen LogP contribution in [0.15, 0.2) is 42.5 Å². The number of carbonyl (C=O) groups excluding carboxylic acids is 1. The van der Waals surface area contributed by atoms with Crippen molar-refractivity contribution < 1.29 is 9.72 Å². The molecule has 2 rings (SSSR count). The second-order valence-corrected chi connectivity index (χ2v) is 4.45. The van der Waals surface area contributed by atoms with Crippen LogP contribution in [0.4, 0.5) is 5.69 Å². The van der Waals surface area contributed by atoms with Gasteiger partial charge in [0.25, 0.3) is 5.69 Å². The quantitative estimate of drug-likeness (QED) is 0.479. The van der Waals surface area contributed by atoms with E-state index in [1.165, 1.54) is 24.3 Å². The number of carbonyl (C=O) groups is 1. The monoisotopic (exact) mass is 255 g/mol. The second kappa shape index (κ2) is 5.02. The van der Waals surface area contributed by atoms with Crippen LogP contribution in [0, 0.1) is 24.0 Å². The van der Waals surface area contributed by atoms with Crippen LogP contribution in [-0.2, 0) is 0 Å². The average Bonchev–Trinajstić information content (AvgIpc) is 2.41. The SMILES string of the molecule is Cc1ccc(C)c(C(=O)c2ccc([N+](=O)[O-])cc2)c1. The molecule has 0 unspecified atom stereocenters. The molecule has 0 heterocycles. The van der Waals surface area contributed by atoms with Crippen molar-refractivity contribution in [3.63, 3.8) is 0 Å². The predicted molar refractivity (Wildman–Crippen MR) is 72.4 cm³/mol. The van der Waals surface area contributed by atoms with Crippen molar-refractivity contribution in [1.29, 1.82) is 0 Å². The molecule has 0 spiro atoms. The fourth-order valence-corrected chi connectivity index (χ4v) is 1.87. The second-order valence-electron chi connectivity index (χ2n) is 4.45. The number of nitro groups is 1. The summed E-state index contributed by atoms with van der Waals surface area (Å²) in [6, 6.07) is 11.3. The number of aryl methyl sites for hydroxylation is 2. The van der Waals surface area contributed by atoms with E-state index >= 15 is 0 Å². The van der Waals surface area contributed by atoms with Gasteiger partial charge in [-0.3, -0.25) is 14.9 Å². The molecular formula is C15H13NO3. The molecule has 0 atom stereocenters. The fourth-order valence-electron chi connectivity index (χ4n) is 1.87. The molecule has 0 aliphatic heterocycles. The molecule has 0 fully saturated rings. The molecule has 0 saturated heterocycles. The molecule has 0 radical (unpaired) electrons. The van der Waals surface area contributed by atoms with E-state index < -0.39 is 4.92 Å². The number of ketones is 1. The van der Waals surface area contributed by atoms with Crippen molar-refractivity contribution in [3.05, 3.63) is 74.8 Å². The number of non-ortho nitro benzene ring substituents is 1.